The van der Waals surface area contributed by atoms with Gasteiger partial charge in [-0.25, -0.2) is 0 Å². The van der Waals surface area contributed by atoms with Gasteiger partial charge >= 0.3 is 0 Å². The number of anilines is 1. The molecular weight excluding hydrogens is 480 g/mol. The van der Waals surface area contributed by atoms with E-state index in [-0.39, 0.29) is 30.9 Å². The smallest absolute Gasteiger partial charge is 0.242 e. The number of carbonyl (C=O) groups is 2. The predicted octanol–water partition coefficient (Wildman–Crippen LogP) is 3.14. The molecule has 0 spiro atoms. The van der Waals surface area contributed by atoms with Crippen molar-refractivity contribution in [3.8, 4) is 11.4 Å². The van der Waals surface area contributed by atoms with Crippen LogP contribution in [0.2, 0.25) is 0 Å². The topological polar surface area (TPSA) is 104 Å². The van der Waals surface area contributed by atoms with E-state index in [9.17, 15) is 9.59 Å². The molecular formula is C29H38N6O3. The highest BCUT2D eigenvalue weighted by Crippen LogP contribution is 2.26. The molecule has 0 saturated heterocycles. The Morgan fingerprint density at radius 2 is 1.84 bits per heavy atom. The summed E-state index contributed by atoms with van der Waals surface area (Å²) in [5, 5.41) is 10.5. The zero-order chi connectivity index (χ0) is 27.2. The fraction of sp³-hybridized carbons (Fsp3) is 0.448. The summed E-state index contributed by atoms with van der Waals surface area (Å²) in [6.07, 6.45) is 1.70. The molecule has 0 aliphatic heterocycles. The average molecular weight is 519 g/mol. The summed E-state index contributed by atoms with van der Waals surface area (Å²) in [5.41, 5.74) is 6.46. The third kappa shape index (κ3) is 6.58. The molecule has 0 bridgehead atoms. The number of benzene rings is 2. The van der Waals surface area contributed by atoms with Crippen LogP contribution in [0.15, 0.2) is 40.9 Å². The van der Waals surface area contributed by atoms with E-state index in [2.05, 4.69) is 45.9 Å². The molecule has 1 aromatic heterocycles. The number of amides is 2. The molecule has 1 unspecified atom stereocenters. The molecule has 1 atom stereocenters. The van der Waals surface area contributed by atoms with Crippen LogP contribution in [0.5, 0.6) is 0 Å². The van der Waals surface area contributed by atoms with Crippen molar-refractivity contribution in [2.45, 2.75) is 46.6 Å². The number of carbonyl (C=O) groups excluding carboxylic acids is 2. The Morgan fingerprint density at radius 1 is 1.05 bits per heavy atom. The first-order chi connectivity index (χ1) is 18.2. The Kier molecular flexibility index (Phi) is 8.78. The number of rotatable bonds is 11. The van der Waals surface area contributed by atoms with E-state index in [1.807, 2.05) is 44.0 Å². The van der Waals surface area contributed by atoms with Crippen molar-refractivity contribution >= 4 is 17.5 Å². The van der Waals surface area contributed by atoms with Gasteiger partial charge in [-0.1, -0.05) is 48.0 Å². The molecule has 9 nitrogen and oxygen atoms in total. The quantitative estimate of drug-likeness (QED) is 0.376. The lowest BCUT2D eigenvalue weighted by molar-refractivity contribution is -0.140. The van der Waals surface area contributed by atoms with Crippen LogP contribution in [0.1, 0.15) is 35.1 Å². The molecule has 202 valence electrons. The fourth-order valence-electron chi connectivity index (χ4n) is 4.81. The number of nitrogens with one attached hydrogen (secondary N) is 2. The fourth-order valence-corrected chi connectivity index (χ4v) is 4.81. The molecule has 2 amide bonds. The number of fused-ring (bicyclic) bond motifs is 1. The normalized spacial score (nSPS) is 14.3. The van der Waals surface area contributed by atoms with Crippen LogP contribution < -0.4 is 10.6 Å². The first-order valence-corrected chi connectivity index (χ1v) is 13.2. The molecule has 2 aromatic carbocycles. The summed E-state index contributed by atoms with van der Waals surface area (Å²) >= 11 is 0. The minimum atomic E-state index is -0.129. The van der Waals surface area contributed by atoms with Crippen LogP contribution in [0.25, 0.3) is 11.4 Å². The van der Waals surface area contributed by atoms with Crippen molar-refractivity contribution in [2.75, 3.05) is 45.1 Å². The zero-order valence-electron chi connectivity index (χ0n) is 23.0. The molecule has 1 heterocycles. The van der Waals surface area contributed by atoms with Crippen molar-refractivity contribution in [3.05, 3.63) is 64.5 Å². The highest BCUT2D eigenvalue weighted by atomic mass is 16.5. The van der Waals surface area contributed by atoms with Crippen molar-refractivity contribution in [2.24, 2.45) is 0 Å². The van der Waals surface area contributed by atoms with Gasteiger partial charge in [-0.3, -0.25) is 9.59 Å². The third-order valence-corrected chi connectivity index (χ3v) is 7.15. The molecule has 0 fully saturated rings. The van der Waals surface area contributed by atoms with Gasteiger partial charge in [0.15, 0.2) is 0 Å². The lowest BCUT2D eigenvalue weighted by Gasteiger charge is -2.29. The molecule has 38 heavy (non-hydrogen) atoms. The highest BCUT2D eigenvalue weighted by Gasteiger charge is 2.29. The standard InChI is InChI=1S/C29H38N6O3/c1-6-30-11-12-35(18-28(37)34(5)25-14-22-9-7-19(2)13-24(22)15-25)27(36)17-31-26-16-23(10-8-20(26)3)29-32-21(4)38-33-29/h7-10,13,16,25,30-31H,6,11-12,14-15,17-18H2,1-5H3. The first kappa shape index (κ1) is 27.3. The second-order valence-corrected chi connectivity index (χ2v) is 10.0. The lowest BCUT2D eigenvalue weighted by Crippen LogP contribution is -2.48. The second kappa shape index (κ2) is 12.2. The largest absolute Gasteiger partial charge is 0.376 e. The maximum Gasteiger partial charge on any atom is 0.242 e. The number of aromatic nitrogens is 2. The van der Waals surface area contributed by atoms with Crippen molar-refractivity contribution < 1.29 is 14.1 Å². The molecule has 2 N–H and O–H groups in total. The number of hydrogen-bond donors (Lipinski definition) is 2. The monoisotopic (exact) mass is 518 g/mol. The van der Waals surface area contributed by atoms with Crippen molar-refractivity contribution in [1.82, 2.24) is 25.3 Å². The van der Waals surface area contributed by atoms with Gasteiger partial charge in [0.1, 0.15) is 0 Å². The Balaban J connectivity index is 1.39. The van der Waals surface area contributed by atoms with Gasteiger partial charge in [0.2, 0.25) is 23.5 Å². The Labute approximate surface area is 224 Å². The number of nitrogens with zero attached hydrogens (tertiary/aromatic N) is 4. The predicted molar refractivity (Wildman–Crippen MR) is 148 cm³/mol. The van der Waals surface area contributed by atoms with Gasteiger partial charge in [0.05, 0.1) is 13.1 Å². The first-order valence-electron chi connectivity index (χ1n) is 13.2. The summed E-state index contributed by atoms with van der Waals surface area (Å²) in [4.78, 5) is 34.3. The van der Waals surface area contributed by atoms with Gasteiger partial charge in [-0.15, -0.1) is 0 Å². The van der Waals surface area contributed by atoms with Crippen LogP contribution in [-0.4, -0.2) is 77.6 Å². The summed E-state index contributed by atoms with van der Waals surface area (Å²) in [6.45, 7) is 9.84. The highest BCUT2D eigenvalue weighted by molar-refractivity contribution is 5.87. The van der Waals surface area contributed by atoms with Crippen LogP contribution in [-0.2, 0) is 22.4 Å². The van der Waals surface area contributed by atoms with E-state index >= 15 is 0 Å². The molecule has 1 aliphatic rings. The molecule has 0 saturated carbocycles. The minimum absolute atomic E-state index is 0.0463. The van der Waals surface area contributed by atoms with E-state index in [0.29, 0.717) is 24.8 Å². The number of aryl methyl sites for hydroxylation is 3. The Morgan fingerprint density at radius 3 is 2.58 bits per heavy atom. The number of likely N-dealkylation sites (N-methyl/N-ethyl adjacent to an activating group) is 2. The minimum Gasteiger partial charge on any atom is -0.376 e. The average Bonchev–Trinajstić information content (AvgIpc) is 3.52. The Bertz CT molecular complexity index is 1290. The summed E-state index contributed by atoms with van der Waals surface area (Å²) in [7, 11) is 1.85. The van der Waals surface area contributed by atoms with Gasteiger partial charge in [0.25, 0.3) is 0 Å². The maximum atomic E-state index is 13.3. The third-order valence-electron chi connectivity index (χ3n) is 7.15. The van der Waals surface area contributed by atoms with Gasteiger partial charge in [-0.2, -0.15) is 4.98 Å². The Hall–Kier alpha value is -3.72. The van der Waals surface area contributed by atoms with Gasteiger partial charge in [0, 0.05) is 44.4 Å². The van der Waals surface area contributed by atoms with E-state index in [0.717, 1.165) is 36.2 Å². The summed E-state index contributed by atoms with van der Waals surface area (Å²) < 4.78 is 5.10. The van der Waals surface area contributed by atoms with Crippen molar-refractivity contribution in [3.63, 3.8) is 0 Å². The van der Waals surface area contributed by atoms with E-state index < -0.39 is 0 Å². The van der Waals surface area contributed by atoms with Crippen LogP contribution in [0.3, 0.4) is 0 Å². The van der Waals surface area contributed by atoms with Crippen molar-refractivity contribution in [1.29, 1.82) is 0 Å². The van der Waals surface area contributed by atoms with Crippen LogP contribution >= 0.6 is 0 Å². The molecule has 9 heteroatoms. The summed E-state index contributed by atoms with van der Waals surface area (Å²) in [5.74, 6) is 0.819. The van der Waals surface area contributed by atoms with Gasteiger partial charge in [-0.05, 0) is 56.0 Å². The second-order valence-electron chi connectivity index (χ2n) is 10.0. The van der Waals surface area contributed by atoms with E-state index in [4.69, 9.17) is 4.52 Å². The zero-order valence-corrected chi connectivity index (χ0v) is 23.0. The summed E-state index contributed by atoms with van der Waals surface area (Å²) in [6, 6.07) is 12.4. The molecule has 0 radical (unpaired) electrons. The van der Waals surface area contributed by atoms with E-state index in [1.54, 1.807) is 11.8 Å². The van der Waals surface area contributed by atoms with E-state index in [1.165, 1.54) is 16.7 Å². The number of hydrogen-bond acceptors (Lipinski definition) is 7. The van der Waals surface area contributed by atoms with Crippen LogP contribution in [0.4, 0.5) is 5.69 Å². The molecule has 3 aromatic rings. The lowest BCUT2D eigenvalue weighted by atomic mass is 10.1. The molecule has 1 aliphatic carbocycles. The van der Waals surface area contributed by atoms with Gasteiger partial charge < -0.3 is 25.0 Å². The van der Waals surface area contributed by atoms with Crippen LogP contribution in [0, 0.1) is 20.8 Å². The SMILES string of the molecule is CCNCCN(CC(=O)N(C)C1Cc2ccc(C)cc2C1)C(=O)CNc1cc(-c2noc(C)n2)ccc1C. The maximum absolute atomic E-state index is 13.3. The molecule has 4 rings (SSSR count).